The zero-order valence-electron chi connectivity index (χ0n) is 25.0. The summed E-state index contributed by atoms with van der Waals surface area (Å²) in [6.45, 7) is 3.64. The summed E-state index contributed by atoms with van der Waals surface area (Å²) in [5, 5.41) is 5.39. The van der Waals surface area contributed by atoms with Gasteiger partial charge in [0.2, 0.25) is 0 Å². The van der Waals surface area contributed by atoms with Crippen LogP contribution in [0.25, 0.3) is 11.1 Å². The van der Waals surface area contributed by atoms with E-state index in [0.29, 0.717) is 46.4 Å². The van der Waals surface area contributed by atoms with Gasteiger partial charge in [0.1, 0.15) is 5.75 Å². The average Bonchev–Trinajstić information content (AvgIpc) is 2.98. The third kappa shape index (κ3) is 8.21. The number of ether oxygens (including phenoxy) is 2. The van der Waals surface area contributed by atoms with Gasteiger partial charge < -0.3 is 31.6 Å². The van der Waals surface area contributed by atoms with E-state index in [1.807, 2.05) is 6.92 Å². The second-order valence-electron chi connectivity index (χ2n) is 10.2. The summed E-state index contributed by atoms with van der Waals surface area (Å²) in [7, 11) is 2.70. The predicted octanol–water partition coefficient (Wildman–Crippen LogP) is 5.79. The zero-order chi connectivity index (χ0) is 32.6. The van der Waals surface area contributed by atoms with Gasteiger partial charge in [0.15, 0.2) is 0 Å². The summed E-state index contributed by atoms with van der Waals surface area (Å²) in [6, 6.07) is 12.6. The molecule has 0 aromatic heterocycles. The number of carbonyl (C=O) groups is 3. The predicted molar refractivity (Wildman–Crippen MR) is 160 cm³/mol. The van der Waals surface area contributed by atoms with Gasteiger partial charge in [-0.1, -0.05) is 50.2 Å². The molecule has 9 nitrogen and oxygen atoms in total. The van der Waals surface area contributed by atoms with Crippen molar-refractivity contribution in [2.24, 2.45) is 11.5 Å². The van der Waals surface area contributed by atoms with Crippen molar-refractivity contribution in [2.45, 2.75) is 57.3 Å². The van der Waals surface area contributed by atoms with Crippen LogP contribution in [-0.4, -0.2) is 38.3 Å². The second kappa shape index (κ2) is 14.6. The number of hydrogen-bond acceptors (Lipinski definition) is 5. The molecule has 6 N–H and O–H groups in total. The molecular formula is C32H37F3N4O5. The van der Waals surface area contributed by atoms with Crippen LogP contribution in [0.2, 0.25) is 0 Å². The zero-order valence-corrected chi connectivity index (χ0v) is 25.0. The van der Waals surface area contributed by atoms with E-state index in [1.54, 1.807) is 49.4 Å². The highest BCUT2D eigenvalue weighted by Crippen LogP contribution is 2.43. The van der Waals surface area contributed by atoms with Crippen molar-refractivity contribution in [1.82, 2.24) is 10.6 Å². The van der Waals surface area contributed by atoms with E-state index < -0.39 is 47.8 Å². The summed E-state index contributed by atoms with van der Waals surface area (Å²) in [5.74, 6) is -0.972. The Morgan fingerprint density at radius 3 is 2.09 bits per heavy atom. The number of carbonyl (C=O) groups excluding carboxylic acids is 3. The van der Waals surface area contributed by atoms with Gasteiger partial charge >= 0.3 is 24.2 Å². The third-order valence-electron chi connectivity index (χ3n) is 7.41. The Hall–Kier alpha value is -4.74. The third-order valence-corrected chi connectivity index (χ3v) is 7.41. The number of methoxy groups -OCH3 is 2. The number of nitrogens with one attached hydrogen (secondary N) is 2. The summed E-state index contributed by atoms with van der Waals surface area (Å²) in [6.07, 6.45) is -3.94. The van der Waals surface area contributed by atoms with Crippen molar-refractivity contribution in [3.05, 3.63) is 88.5 Å². The summed E-state index contributed by atoms with van der Waals surface area (Å²) < 4.78 is 52.9. The topological polar surface area (TPSA) is 146 Å². The molecule has 0 aliphatic heterocycles. The van der Waals surface area contributed by atoms with Crippen molar-refractivity contribution in [1.29, 1.82) is 0 Å². The lowest BCUT2D eigenvalue weighted by molar-refractivity contribution is -0.140. The van der Waals surface area contributed by atoms with Gasteiger partial charge in [0.05, 0.1) is 32.2 Å². The van der Waals surface area contributed by atoms with Crippen LogP contribution in [0.15, 0.2) is 60.7 Å². The molecule has 0 spiro atoms. The highest BCUT2D eigenvalue weighted by atomic mass is 19.4. The number of urea groups is 2. The number of benzene rings is 3. The Bertz CT molecular complexity index is 1490. The first kappa shape index (κ1) is 33.8. The lowest BCUT2D eigenvalue weighted by Gasteiger charge is -2.31. The molecular weight excluding hydrogens is 577 g/mol. The van der Waals surface area contributed by atoms with Gasteiger partial charge in [-0.05, 0) is 64.9 Å². The highest BCUT2D eigenvalue weighted by Gasteiger charge is 2.35. The molecule has 0 saturated heterocycles. The maximum atomic E-state index is 14.2. The van der Waals surface area contributed by atoms with Crippen molar-refractivity contribution >= 4 is 18.0 Å². The average molecular weight is 615 g/mol. The van der Waals surface area contributed by atoms with Crippen LogP contribution >= 0.6 is 0 Å². The molecule has 0 bridgehead atoms. The minimum absolute atomic E-state index is 0.0684. The van der Waals surface area contributed by atoms with E-state index in [1.165, 1.54) is 20.3 Å². The number of rotatable bonds is 12. The minimum Gasteiger partial charge on any atom is -0.496 e. The summed E-state index contributed by atoms with van der Waals surface area (Å²) in [5.41, 5.74) is 12.9. The number of alkyl halides is 3. The number of primary amides is 2. The monoisotopic (exact) mass is 614 g/mol. The van der Waals surface area contributed by atoms with Gasteiger partial charge in [-0.15, -0.1) is 0 Å². The van der Waals surface area contributed by atoms with Gasteiger partial charge in [0, 0.05) is 17.5 Å². The molecule has 3 rings (SSSR count). The van der Waals surface area contributed by atoms with Crippen molar-refractivity contribution in [3.8, 4) is 16.9 Å². The van der Waals surface area contributed by atoms with Crippen molar-refractivity contribution in [2.75, 3.05) is 14.2 Å². The van der Waals surface area contributed by atoms with E-state index in [9.17, 15) is 27.6 Å². The number of amides is 4. The van der Waals surface area contributed by atoms with Gasteiger partial charge in [-0.3, -0.25) is 4.79 Å². The Labute approximate surface area is 254 Å². The molecule has 4 amide bonds. The first-order valence-corrected chi connectivity index (χ1v) is 14.0. The van der Waals surface area contributed by atoms with Crippen LogP contribution in [0.5, 0.6) is 5.75 Å². The molecule has 3 aromatic carbocycles. The highest BCUT2D eigenvalue weighted by molar-refractivity contribution is 5.79. The minimum atomic E-state index is -4.67. The van der Waals surface area contributed by atoms with Gasteiger partial charge in [-0.2, -0.15) is 13.2 Å². The van der Waals surface area contributed by atoms with E-state index in [4.69, 9.17) is 20.9 Å². The molecule has 0 heterocycles. The maximum Gasteiger partial charge on any atom is 0.416 e. The molecule has 0 aliphatic rings. The fourth-order valence-corrected chi connectivity index (χ4v) is 5.35. The van der Waals surface area contributed by atoms with Crippen LogP contribution in [-0.2, 0) is 22.1 Å². The first-order valence-electron chi connectivity index (χ1n) is 14.0. The molecule has 3 unspecified atom stereocenters. The molecule has 0 saturated carbocycles. The summed E-state index contributed by atoms with van der Waals surface area (Å²) >= 11 is 0. The molecule has 0 fully saturated rings. The number of nitrogens with two attached hydrogens (primary N) is 2. The molecule has 3 atom stereocenters. The van der Waals surface area contributed by atoms with Crippen LogP contribution in [0.3, 0.4) is 0 Å². The van der Waals surface area contributed by atoms with E-state index in [-0.39, 0.29) is 12.0 Å². The molecule has 44 heavy (non-hydrogen) atoms. The molecule has 3 aromatic rings. The lowest BCUT2D eigenvalue weighted by Crippen LogP contribution is -2.42. The Kier molecular flexibility index (Phi) is 11.2. The van der Waals surface area contributed by atoms with Gasteiger partial charge in [-0.25, -0.2) is 9.59 Å². The normalized spacial score (nSPS) is 13.3. The van der Waals surface area contributed by atoms with Crippen LogP contribution in [0.4, 0.5) is 22.8 Å². The SMILES string of the molecule is CCC(NC(N)=O)c1cccc(C(c2cc(C(F)(F)F)ccc2-c2cc(CC(=O)OC)ccc2OC)C(CC)NC(N)=O)c1. The van der Waals surface area contributed by atoms with Crippen LogP contribution < -0.4 is 26.8 Å². The maximum absolute atomic E-state index is 14.2. The lowest BCUT2D eigenvalue weighted by atomic mass is 9.78. The Morgan fingerprint density at radius 2 is 1.52 bits per heavy atom. The standard InChI is InChI=1S/C32H37F3N4O5/c1-5-25(38-30(36)41)19-8-7-9-20(16-19)29(26(6-2)39-31(37)42)24-17-21(32(33,34)35)11-12-22(24)23-14-18(15-28(40)44-4)10-13-27(23)43-3/h7-14,16-17,25-26,29H,5-6,15H2,1-4H3,(H3,36,38,41)(H3,37,39,42). The van der Waals surface area contributed by atoms with E-state index >= 15 is 0 Å². The molecule has 0 aliphatic carbocycles. The summed E-state index contributed by atoms with van der Waals surface area (Å²) in [4.78, 5) is 35.9. The molecule has 236 valence electrons. The largest absolute Gasteiger partial charge is 0.496 e. The van der Waals surface area contributed by atoms with Crippen molar-refractivity contribution < 1.29 is 37.0 Å². The second-order valence-corrected chi connectivity index (χ2v) is 10.2. The molecule has 12 heteroatoms. The number of hydrogen-bond donors (Lipinski definition) is 4. The quantitative estimate of drug-likeness (QED) is 0.191. The smallest absolute Gasteiger partial charge is 0.416 e. The first-order chi connectivity index (χ1) is 20.8. The van der Waals surface area contributed by atoms with Crippen LogP contribution in [0, 0.1) is 0 Å². The van der Waals surface area contributed by atoms with Gasteiger partial charge in [0.25, 0.3) is 0 Å². The Morgan fingerprint density at radius 1 is 0.841 bits per heavy atom. The molecule has 0 radical (unpaired) electrons. The van der Waals surface area contributed by atoms with Crippen LogP contribution in [0.1, 0.15) is 66.5 Å². The van der Waals surface area contributed by atoms with E-state index in [2.05, 4.69) is 10.6 Å². The van der Waals surface area contributed by atoms with E-state index in [0.717, 1.165) is 12.1 Å². The number of halogens is 3. The number of esters is 1. The Balaban J connectivity index is 2.39. The fraction of sp³-hybridized carbons (Fsp3) is 0.344. The fourth-order valence-electron chi connectivity index (χ4n) is 5.35. The van der Waals surface area contributed by atoms with Crippen molar-refractivity contribution in [3.63, 3.8) is 0 Å².